The molecule has 0 saturated heterocycles. The van der Waals surface area contributed by atoms with E-state index in [4.69, 9.17) is 10.0 Å². The Labute approximate surface area is 91.6 Å². The van der Waals surface area contributed by atoms with Crippen LogP contribution < -0.4 is 5.46 Å². The van der Waals surface area contributed by atoms with E-state index < -0.39 is 36.1 Å². The molecule has 0 aliphatic heterocycles. The Morgan fingerprint density at radius 3 is 1.41 bits per heavy atom. The van der Waals surface area contributed by atoms with Gasteiger partial charge in [0.15, 0.2) is 0 Å². The van der Waals surface area contributed by atoms with Crippen LogP contribution in [-0.4, -0.2) is 17.2 Å². The highest BCUT2D eigenvalue weighted by molar-refractivity contribution is 6.59. The van der Waals surface area contributed by atoms with Crippen LogP contribution in [0.5, 0.6) is 0 Å². The largest absolute Gasteiger partial charge is 0.489 e. The zero-order valence-electron chi connectivity index (χ0n) is 7.97. The van der Waals surface area contributed by atoms with Crippen LogP contribution in [0.1, 0.15) is 11.1 Å². The average molecular weight is 258 g/mol. The number of rotatable bonds is 1. The Hall–Kier alpha value is -1.22. The van der Waals surface area contributed by atoms with Gasteiger partial charge in [0, 0.05) is 5.46 Å². The Kier molecular flexibility index (Phi) is 3.44. The van der Waals surface area contributed by atoms with Crippen LogP contribution in [0.25, 0.3) is 0 Å². The maximum atomic E-state index is 12.4. The van der Waals surface area contributed by atoms with Crippen molar-refractivity contribution in [3.8, 4) is 0 Å². The Morgan fingerprint density at radius 1 is 0.824 bits per heavy atom. The molecule has 94 valence electrons. The molecule has 1 aromatic rings. The van der Waals surface area contributed by atoms with Gasteiger partial charge in [0.25, 0.3) is 0 Å². The monoisotopic (exact) mass is 258 g/mol. The van der Waals surface area contributed by atoms with Crippen molar-refractivity contribution < 1.29 is 36.4 Å². The molecule has 0 fully saturated rings. The molecule has 0 saturated carbocycles. The van der Waals surface area contributed by atoms with E-state index in [1.807, 2.05) is 0 Å². The summed E-state index contributed by atoms with van der Waals surface area (Å²) in [5.41, 5.74) is -5.03. The van der Waals surface area contributed by atoms with Crippen LogP contribution in [0.2, 0.25) is 0 Å². The van der Waals surface area contributed by atoms with Gasteiger partial charge in [0.05, 0.1) is 11.1 Å². The van der Waals surface area contributed by atoms with Gasteiger partial charge >= 0.3 is 19.5 Å². The molecule has 0 spiro atoms. The van der Waals surface area contributed by atoms with Gasteiger partial charge in [-0.25, -0.2) is 0 Å². The number of benzene rings is 1. The normalized spacial score (nSPS) is 12.7. The molecule has 0 radical (unpaired) electrons. The van der Waals surface area contributed by atoms with Crippen molar-refractivity contribution >= 4 is 12.6 Å². The zero-order chi connectivity index (χ0) is 13.4. The molecule has 2 N–H and O–H groups in total. The first-order valence-electron chi connectivity index (χ1n) is 4.18. The lowest BCUT2D eigenvalue weighted by Crippen LogP contribution is -2.41. The summed E-state index contributed by atoms with van der Waals surface area (Å²) < 4.78 is 74.3. The van der Waals surface area contributed by atoms with E-state index in [2.05, 4.69) is 0 Å². The summed E-state index contributed by atoms with van der Waals surface area (Å²) in [7, 11) is -2.86. The third kappa shape index (κ3) is 2.92. The highest BCUT2D eigenvalue weighted by Crippen LogP contribution is 2.33. The second kappa shape index (κ2) is 4.23. The second-order valence-corrected chi connectivity index (χ2v) is 3.14. The van der Waals surface area contributed by atoms with E-state index in [-0.39, 0.29) is 0 Å². The fourth-order valence-electron chi connectivity index (χ4n) is 1.34. The molecule has 0 aliphatic carbocycles. The third-order valence-electron chi connectivity index (χ3n) is 1.98. The summed E-state index contributed by atoms with van der Waals surface area (Å²) in [6.45, 7) is 0. The quantitative estimate of drug-likeness (QED) is 0.590. The molecule has 1 rings (SSSR count). The molecule has 0 amide bonds. The van der Waals surface area contributed by atoms with Crippen molar-refractivity contribution in [1.29, 1.82) is 0 Å². The van der Waals surface area contributed by atoms with Crippen LogP contribution in [0, 0.1) is 0 Å². The first-order valence-corrected chi connectivity index (χ1v) is 4.18. The minimum Gasteiger partial charge on any atom is -0.423 e. The highest BCUT2D eigenvalue weighted by atomic mass is 19.4. The summed E-state index contributed by atoms with van der Waals surface area (Å²) in [6, 6.07) is 1.26. The van der Waals surface area contributed by atoms with Gasteiger partial charge < -0.3 is 10.0 Å². The fourth-order valence-corrected chi connectivity index (χ4v) is 1.34. The van der Waals surface area contributed by atoms with Crippen molar-refractivity contribution in [3.63, 3.8) is 0 Å². The van der Waals surface area contributed by atoms with Gasteiger partial charge in [-0.3, -0.25) is 0 Å². The van der Waals surface area contributed by atoms with E-state index in [1.54, 1.807) is 0 Å². The molecule has 0 aliphatic rings. The molecule has 0 atom stereocenters. The van der Waals surface area contributed by atoms with Gasteiger partial charge in [-0.15, -0.1) is 0 Å². The molecule has 9 heteroatoms. The Bertz CT molecular complexity index is 379. The molecule has 2 nitrogen and oxygen atoms in total. The van der Waals surface area contributed by atoms with Crippen LogP contribution in [0.15, 0.2) is 18.2 Å². The number of halogens is 6. The van der Waals surface area contributed by atoms with Crippen LogP contribution in [0.4, 0.5) is 26.3 Å². The predicted octanol–water partition coefficient (Wildman–Crippen LogP) is 1.40. The molecule has 1 aromatic carbocycles. The summed E-state index contributed by atoms with van der Waals surface area (Å²) in [6.07, 6.45) is -10.2. The Balaban J connectivity index is 3.55. The predicted molar refractivity (Wildman–Crippen MR) is 46.3 cm³/mol. The summed E-state index contributed by atoms with van der Waals surface area (Å²) in [5, 5.41) is 17.3. The van der Waals surface area contributed by atoms with Crippen molar-refractivity contribution in [1.82, 2.24) is 0 Å². The lowest BCUT2D eigenvalue weighted by molar-refractivity contribution is -0.141. The molecule has 0 aromatic heterocycles. The fraction of sp³-hybridized carbons (Fsp3) is 0.250. The first-order chi connectivity index (χ1) is 7.55. The smallest absolute Gasteiger partial charge is 0.423 e. The number of hydrogen-bond acceptors (Lipinski definition) is 2. The van der Waals surface area contributed by atoms with Gasteiger partial charge in [-0.1, -0.05) is 18.2 Å². The lowest BCUT2D eigenvalue weighted by Gasteiger charge is -2.17. The molecule has 0 unspecified atom stereocenters. The highest BCUT2D eigenvalue weighted by Gasteiger charge is 2.43. The summed E-state index contributed by atoms with van der Waals surface area (Å²) in [4.78, 5) is 0. The van der Waals surface area contributed by atoms with Crippen LogP contribution in [-0.2, 0) is 12.4 Å². The second-order valence-electron chi connectivity index (χ2n) is 3.14. The van der Waals surface area contributed by atoms with Crippen LogP contribution >= 0.6 is 0 Å². The third-order valence-corrected chi connectivity index (χ3v) is 1.98. The molecular formula is C8H5BF6O2. The van der Waals surface area contributed by atoms with E-state index >= 15 is 0 Å². The molecule has 17 heavy (non-hydrogen) atoms. The lowest BCUT2D eigenvalue weighted by atomic mass is 9.73. The van der Waals surface area contributed by atoms with E-state index in [9.17, 15) is 26.3 Å². The molecular weight excluding hydrogens is 253 g/mol. The zero-order valence-corrected chi connectivity index (χ0v) is 7.97. The number of hydrogen-bond donors (Lipinski definition) is 2. The molecule has 0 bridgehead atoms. The van der Waals surface area contributed by atoms with E-state index in [1.165, 1.54) is 0 Å². The van der Waals surface area contributed by atoms with Crippen LogP contribution in [0.3, 0.4) is 0 Å². The van der Waals surface area contributed by atoms with Gasteiger partial charge in [-0.05, 0) is 0 Å². The van der Waals surface area contributed by atoms with Crippen molar-refractivity contribution in [3.05, 3.63) is 29.3 Å². The van der Waals surface area contributed by atoms with Crippen molar-refractivity contribution in [2.75, 3.05) is 0 Å². The first kappa shape index (κ1) is 13.8. The summed E-state index contributed by atoms with van der Waals surface area (Å²) in [5.74, 6) is 0. The van der Waals surface area contributed by atoms with Crippen molar-refractivity contribution in [2.45, 2.75) is 12.4 Å². The average Bonchev–Trinajstić information content (AvgIpc) is 2.13. The van der Waals surface area contributed by atoms with E-state index in [0.29, 0.717) is 18.2 Å². The minimum atomic E-state index is -5.10. The SMILES string of the molecule is OB(O)c1c(C(F)(F)F)cccc1C(F)(F)F. The summed E-state index contributed by atoms with van der Waals surface area (Å²) >= 11 is 0. The molecule has 0 heterocycles. The van der Waals surface area contributed by atoms with Crippen molar-refractivity contribution in [2.24, 2.45) is 0 Å². The maximum Gasteiger partial charge on any atom is 0.489 e. The maximum absolute atomic E-state index is 12.4. The standard InChI is InChI=1S/C8H5BF6O2/c10-7(11,12)4-2-1-3-5(8(13,14)15)6(4)9(16)17/h1-3,16-17H. The Morgan fingerprint density at radius 2 is 1.18 bits per heavy atom. The minimum absolute atomic E-state index is 0.351. The van der Waals surface area contributed by atoms with Gasteiger partial charge in [0.1, 0.15) is 0 Å². The van der Waals surface area contributed by atoms with E-state index in [0.717, 1.165) is 0 Å². The van der Waals surface area contributed by atoms with Gasteiger partial charge in [-0.2, -0.15) is 26.3 Å². The number of alkyl halides is 6. The van der Waals surface area contributed by atoms with Gasteiger partial charge in [0.2, 0.25) is 0 Å². The topological polar surface area (TPSA) is 40.5 Å².